The van der Waals surface area contributed by atoms with Crippen LogP contribution in [-0.4, -0.2) is 16.1 Å². The zero-order valence-corrected chi connectivity index (χ0v) is 10.5. The van der Waals surface area contributed by atoms with E-state index in [1.54, 1.807) is 6.92 Å². The van der Waals surface area contributed by atoms with E-state index < -0.39 is 5.97 Å². The Morgan fingerprint density at radius 2 is 1.94 bits per heavy atom. The van der Waals surface area contributed by atoms with Crippen molar-refractivity contribution in [1.82, 2.24) is 4.98 Å². The molecule has 0 aliphatic carbocycles. The first-order valence-corrected chi connectivity index (χ1v) is 6.13. The van der Waals surface area contributed by atoms with Gasteiger partial charge >= 0.3 is 5.97 Å². The molecule has 88 valence electrons. The minimum atomic E-state index is -0.950. The number of nitrogens with zero attached hydrogens (tertiary/aromatic N) is 1. The van der Waals surface area contributed by atoms with Gasteiger partial charge in [-0.15, -0.1) is 11.3 Å². The maximum atomic E-state index is 10.9. The number of aryl methyl sites for hydroxylation is 2. The van der Waals surface area contributed by atoms with Gasteiger partial charge in [-0.05, 0) is 19.4 Å². The van der Waals surface area contributed by atoms with Gasteiger partial charge in [0.05, 0.1) is 5.01 Å². The Morgan fingerprint density at radius 1 is 1.29 bits per heavy atom. The fraction of sp³-hybridized carbons (Fsp3) is 0.231. The quantitative estimate of drug-likeness (QED) is 0.906. The van der Waals surface area contributed by atoms with Gasteiger partial charge in [0.15, 0.2) is 5.69 Å². The van der Waals surface area contributed by atoms with Gasteiger partial charge in [-0.25, -0.2) is 9.78 Å². The van der Waals surface area contributed by atoms with Crippen LogP contribution in [0.5, 0.6) is 0 Å². The largest absolute Gasteiger partial charge is 0.476 e. The number of hydrogen-bond donors (Lipinski definition) is 1. The van der Waals surface area contributed by atoms with Gasteiger partial charge < -0.3 is 5.11 Å². The first kappa shape index (κ1) is 11.8. The van der Waals surface area contributed by atoms with E-state index in [1.165, 1.54) is 16.9 Å². The van der Waals surface area contributed by atoms with Crippen LogP contribution < -0.4 is 0 Å². The second-order valence-corrected chi connectivity index (χ2v) is 5.27. The molecule has 1 aromatic carbocycles. The highest BCUT2D eigenvalue weighted by Crippen LogP contribution is 2.20. The first-order chi connectivity index (χ1) is 8.06. The molecule has 1 heterocycles. The molecule has 3 nitrogen and oxygen atoms in total. The molecule has 2 rings (SSSR count). The standard InChI is InChI=1S/C13H13NO2S/c1-8-3-5-10(6-4-8)7-11-14-12(13(15)16)9(2)17-11/h3-6H,7H2,1-2H3,(H,15,16). The molecular weight excluding hydrogens is 234 g/mol. The fourth-order valence-electron chi connectivity index (χ4n) is 1.61. The number of carboxylic acids is 1. The third-order valence-corrected chi connectivity index (χ3v) is 3.49. The fourth-order valence-corrected chi connectivity index (χ4v) is 2.56. The lowest BCUT2D eigenvalue weighted by Gasteiger charge is -1.98. The van der Waals surface area contributed by atoms with Crippen LogP contribution in [0.2, 0.25) is 0 Å². The number of thiazole rings is 1. The summed E-state index contributed by atoms with van der Waals surface area (Å²) >= 11 is 1.45. The summed E-state index contributed by atoms with van der Waals surface area (Å²) in [6, 6.07) is 8.20. The van der Waals surface area contributed by atoms with Crippen LogP contribution in [0.4, 0.5) is 0 Å². The second kappa shape index (κ2) is 4.67. The molecule has 0 bridgehead atoms. The number of aromatic carboxylic acids is 1. The van der Waals surface area contributed by atoms with Gasteiger partial charge in [0.25, 0.3) is 0 Å². The molecule has 2 aromatic rings. The van der Waals surface area contributed by atoms with Crippen molar-refractivity contribution in [3.63, 3.8) is 0 Å². The molecular formula is C13H13NO2S. The molecule has 0 saturated carbocycles. The highest BCUT2D eigenvalue weighted by molar-refractivity contribution is 7.11. The Kier molecular flexibility index (Phi) is 3.24. The van der Waals surface area contributed by atoms with Gasteiger partial charge in [-0.1, -0.05) is 29.8 Å². The van der Waals surface area contributed by atoms with Crippen molar-refractivity contribution < 1.29 is 9.90 Å². The minimum Gasteiger partial charge on any atom is -0.476 e. The average Bonchev–Trinajstić information content (AvgIpc) is 2.63. The number of carboxylic acid groups (broad SMARTS) is 1. The van der Waals surface area contributed by atoms with E-state index in [2.05, 4.69) is 4.98 Å². The Labute approximate surface area is 104 Å². The van der Waals surface area contributed by atoms with Gasteiger partial charge in [-0.2, -0.15) is 0 Å². The normalized spacial score (nSPS) is 10.5. The predicted octanol–water partition coefficient (Wildman–Crippen LogP) is 3.05. The number of benzene rings is 1. The zero-order valence-electron chi connectivity index (χ0n) is 9.73. The number of hydrogen-bond acceptors (Lipinski definition) is 3. The molecule has 0 radical (unpaired) electrons. The van der Waals surface area contributed by atoms with E-state index in [0.29, 0.717) is 6.42 Å². The highest BCUT2D eigenvalue weighted by Gasteiger charge is 2.13. The molecule has 4 heteroatoms. The summed E-state index contributed by atoms with van der Waals surface area (Å²) in [6.45, 7) is 3.83. The van der Waals surface area contributed by atoms with Crippen LogP contribution in [-0.2, 0) is 6.42 Å². The Hall–Kier alpha value is -1.68. The van der Waals surface area contributed by atoms with E-state index in [4.69, 9.17) is 5.11 Å². The van der Waals surface area contributed by atoms with Crippen LogP contribution in [0.3, 0.4) is 0 Å². The van der Waals surface area contributed by atoms with Crippen molar-refractivity contribution in [3.05, 3.63) is 51.0 Å². The molecule has 17 heavy (non-hydrogen) atoms. The van der Waals surface area contributed by atoms with Crippen LogP contribution in [0.1, 0.15) is 31.5 Å². The molecule has 0 unspecified atom stereocenters. The summed E-state index contributed by atoms with van der Waals surface area (Å²) < 4.78 is 0. The molecule has 0 atom stereocenters. The van der Waals surface area contributed by atoms with Gasteiger partial charge in [0.1, 0.15) is 0 Å². The lowest BCUT2D eigenvalue weighted by molar-refractivity contribution is 0.0690. The maximum Gasteiger partial charge on any atom is 0.355 e. The highest BCUT2D eigenvalue weighted by atomic mass is 32.1. The lowest BCUT2D eigenvalue weighted by atomic mass is 10.1. The van der Waals surface area contributed by atoms with Crippen molar-refractivity contribution in [2.24, 2.45) is 0 Å². The van der Waals surface area contributed by atoms with Gasteiger partial charge in [0.2, 0.25) is 0 Å². The monoisotopic (exact) mass is 247 g/mol. The summed E-state index contributed by atoms with van der Waals surface area (Å²) in [5, 5.41) is 9.78. The molecule has 0 aliphatic rings. The molecule has 1 N–H and O–H groups in total. The summed E-state index contributed by atoms with van der Waals surface area (Å²) in [6.07, 6.45) is 0.694. The molecule has 0 aliphatic heterocycles. The first-order valence-electron chi connectivity index (χ1n) is 5.31. The van der Waals surface area contributed by atoms with E-state index in [0.717, 1.165) is 15.4 Å². The summed E-state index contributed by atoms with van der Waals surface area (Å²) in [7, 11) is 0. The van der Waals surface area contributed by atoms with E-state index in [9.17, 15) is 4.79 Å². The number of rotatable bonds is 3. The zero-order chi connectivity index (χ0) is 12.4. The summed E-state index contributed by atoms with van der Waals surface area (Å²) in [4.78, 5) is 15.8. The van der Waals surface area contributed by atoms with Crippen LogP contribution in [0.25, 0.3) is 0 Å². The summed E-state index contributed by atoms with van der Waals surface area (Å²) in [5.74, 6) is -0.950. The van der Waals surface area contributed by atoms with Crippen LogP contribution in [0, 0.1) is 13.8 Å². The van der Waals surface area contributed by atoms with Crippen LogP contribution >= 0.6 is 11.3 Å². The topological polar surface area (TPSA) is 50.2 Å². The Morgan fingerprint density at radius 3 is 2.47 bits per heavy atom. The van der Waals surface area contributed by atoms with Gasteiger partial charge in [-0.3, -0.25) is 0 Å². The predicted molar refractivity (Wildman–Crippen MR) is 67.8 cm³/mol. The SMILES string of the molecule is Cc1ccc(Cc2nc(C(=O)O)c(C)s2)cc1. The third-order valence-electron chi connectivity index (χ3n) is 2.52. The Bertz CT molecular complexity index is 543. The van der Waals surface area contributed by atoms with E-state index >= 15 is 0 Å². The van der Waals surface area contributed by atoms with Crippen molar-refractivity contribution in [3.8, 4) is 0 Å². The molecule has 0 spiro atoms. The van der Waals surface area contributed by atoms with Crippen LogP contribution in [0.15, 0.2) is 24.3 Å². The number of aromatic nitrogens is 1. The van der Waals surface area contributed by atoms with Crippen molar-refractivity contribution in [1.29, 1.82) is 0 Å². The molecule has 1 aromatic heterocycles. The van der Waals surface area contributed by atoms with Crippen molar-refractivity contribution >= 4 is 17.3 Å². The summed E-state index contributed by atoms with van der Waals surface area (Å²) in [5.41, 5.74) is 2.55. The smallest absolute Gasteiger partial charge is 0.355 e. The number of carbonyl (C=O) groups is 1. The molecule has 0 saturated heterocycles. The van der Waals surface area contributed by atoms with Crippen molar-refractivity contribution in [2.45, 2.75) is 20.3 Å². The Balaban J connectivity index is 2.22. The lowest BCUT2D eigenvalue weighted by Crippen LogP contribution is -1.99. The van der Waals surface area contributed by atoms with E-state index in [1.807, 2.05) is 31.2 Å². The molecule has 0 fully saturated rings. The average molecular weight is 247 g/mol. The minimum absolute atomic E-state index is 0.178. The van der Waals surface area contributed by atoms with Crippen molar-refractivity contribution in [2.75, 3.05) is 0 Å². The second-order valence-electron chi connectivity index (χ2n) is 3.98. The van der Waals surface area contributed by atoms with E-state index in [-0.39, 0.29) is 5.69 Å². The van der Waals surface area contributed by atoms with Gasteiger partial charge in [0, 0.05) is 11.3 Å². The third kappa shape index (κ3) is 2.71. The molecule has 0 amide bonds. The maximum absolute atomic E-state index is 10.9.